The zero-order chi connectivity index (χ0) is 13.1. The van der Waals surface area contributed by atoms with Crippen LogP contribution in [0.3, 0.4) is 0 Å². The van der Waals surface area contributed by atoms with Gasteiger partial charge < -0.3 is 15.8 Å². The van der Waals surface area contributed by atoms with Crippen molar-refractivity contribution in [1.82, 2.24) is 9.97 Å². The van der Waals surface area contributed by atoms with E-state index in [2.05, 4.69) is 15.3 Å². The molecule has 2 heterocycles. The lowest BCUT2D eigenvalue weighted by Crippen LogP contribution is -2.27. The predicted octanol–water partition coefficient (Wildman–Crippen LogP) is 2.19. The highest BCUT2D eigenvalue weighted by atomic mass is 16.5. The van der Waals surface area contributed by atoms with Crippen molar-refractivity contribution in [2.24, 2.45) is 0 Å². The van der Waals surface area contributed by atoms with E-state index in [4.69, 9.17) is 10.5 Å². The minimum absolute atomic E-state index is 0.278. The molecule has 0 spiro atoms. The van der Waals surface area contributed by atoms with Crippen LogP contribution in [-0.4, -0.2) is 29.2 Å². The van der Waals surface area contributed by atoms with Crippen LogP contribution in [0.1, 0.15) is 19.3 Å². The molecule has 19 heavy (non-hydrogen) atoms. The predicted molar refractivity (Wildman–Crippen MR) is 76.0 cm³/mol. The topological polar surface area (TPSA) is 73.1 Å². The lowest BCUT2D eigenvalue weighted by molar-refractivity contribution is 0.0247. The molecule has 1 aliphatic heterocycles. The van der Waals surface area contributed by atoms with Gasteiger partial charge in [0.25, 0.3) is 0 Å². The quantitative estimate of drug-likeness (QED) is 0.826. The molecule has 2 aromatic rings. The molecule has 1 aromatic carbocycles. The van der Waals surface area contributed by atoms with Crippen LogP contribution < -0.4 is 11.1 Å². The monoisotopic (exact) mass is 258 g/mol. The van der Waals surface area contributed by atoms with E-state index in [9.17, 15) is 0 Å². The van der Waals surface area contributed by atoms with Crippen LogP contribution in [0, 0.1) is 0 Å². The van der Waals surface area contributed by atoms with Crippen molar-refractivity contribution >= 4 is 22.4 Å². The van der Waals surface area contributed by atoms with Crippen molar-refractivity contribution in [2.45, 2.75) is 25.4 Å². The van der Waals surface area contributed by atoms with Gasteiger partial charge in [0, 0.05) is 24.2 Å². The SMILES string of the molecule is Nc1ccc2ncnc(NCC3CCCCO3)c2c1. The van der Waals surface area contributed by atoms with Gasteiger partial charge in [0.05, 0.1) is 11.6 Å². The van der Waals surface area contributed by atoms with Crippen LogP contribution in [0.5, 0.6) is 0 Å². The third-order valence-corrected chi connectivity index (χ3v) is 3.43. The van der Waals surface area contributed by atoms with E-state index >= 15 is 0 Å². The Morgan fingerprint density at radius 1 is 1.32 bits per heavy atom. The molecular formula is C14H18N4O. The third kappa shape index (κ3) is 2.76. The second-order valence-electron chi connectivity index (χ2n) is 4.87. The summed E-state index contributed by atoms with van der Waals surface area (Å²) in [5.74, 6) is 0.825. The number of aromatic nitrogens is 2. The van der Waals surface area contributed by atoms with E-state index in [-0.39, 0.29) is 6.10 Å². The molecule has 3 rings (SSSR count). The number of hydrogen-bond acceptors (Lipinski definition) is 5. The van der Waals surface area contributed by atoms with E-state index in [0.29, 0.717) is 0 Å². The largest absolute Gasteiger partial charge is 0.399 e. The van der Waals surface area contributed by atoms with Crippen LogP contribution in [0.25, 0.3) is 10.9 Å². The maximum Gasteiger partial charge on any atom is 0.137 e. The molecule has 0 aliphatic carbocycles. The standard InChI is InChI=1S/C14H18N4O/c15-10-4-5-13-12(7-10)14(18-9-17-13)16-8-11-3-1-2-6-19-11/h4-5,7,9,11H,1-3,6,8,15H2,(H,16,17,18). The summed E-state index contributed by atoms with van der Waals surface area (Å²) in [4.78, 5) is 8.54. The number of benzene rings is 1. The van der Waals surface area contributed by atoms with Crippen molar-refractivity contribution in [1.29, 1.82) is 0 Å². The van der Waals surface area contributed by atoms with Gasteiger partial charge in [-0.25, -0.2) is 9.97 Å². The number of nitrogens with one attached hydrogen (secondary N) is 1. The molecule has 1 saturated heterocycles. The Morgan fingerprint density at radius 2 is 2.26 bits per heavy atom. The summed E-state index contributed by atoms with van der Waals surface area (Å²) in [6, 6.07) is 5.66. The van der Waals surface area contributed by atoms with E-state index in [1.165, 1.54) is 12.8 Å². The second kappa shape index (κ2) is 5.40. The first-order valence-corrected chi connectivity index (χ1v) is 6.68. The zero-order valence-corrected chi connectivity index (χ0v) is 10.8. The smallest absolute Gasteiger partial charge is 0.137 e. The maximum atomic E-state index is 5.82. The van der Waals surface area contributed by atoms with Gasteiger partial charge in [-0.15, -0.1) is 0 Å². The number of ether oxygens (including phenoxy) is 1. The highest BCUT2D eigenvalue weighted by Crippen LogP contribution is 2.22. The van der Waals surface area contributed by atoms with Crippen molar-refractivity contribution in [2.75, 3.05) is 24.2 Å². The van der Waals surface area contributed by atoms with Crippen LogP contribution in [-0.2, 0) is 4.74 Å². The van der Waals surface area contributed by atoms with Crippen molar-refractivity contribution in [3.05, 3.63) is 24.5 Å². The Balaban J connectivity index is 1.78. The second-order valence-corrected chi connectivity index (χ2v) is 4.87. The number of nitrogens with zero attached hydrogens (tertiary/aromatic N) is 2. The molecule has 3 N–H and O–H groups in total. The molecule has 1 fully saturated rings. The van der Waals surface area contributed by atoms with Crippen molar-refractivity contribution in [3.8, 4) is 0 Å². The van der Waals surface area contributed by atoms with Gasteiger partial charge in [-0.1, -0.05) is 0 Å². The minimum Gasteiger partial charge on any atom is -0.399 e. The molecule has 5 nitrogen and oxygen atoms in total. The molecule has 1 atom stereocenters. The minimum atomic E-state index is 0.278. The summed E-state index contributed by atoms with van der Waals surface area (Å²) >= 11 is 0. The normalized spacial score (nSPS) is 19.5. The van der Waals surface area contributed by atoms with Crippen LogP contribution in [0.4, 0.5) is 11.5 Å². The average molecular weight is 258 g/mol. The molecule has 0 radical (unpaired) electrons. The molecule has 0 bridgehead atoms. The first kappa shape index (κ1) is 12.2. The fraction of sp³-hybridized carbons (Fsp3) is 0.429. The van der Waals surface area contributed by atoms with Gasteiger partial charge in [0.1, 0.15) is 12.1 Å². The Bertz CT molecular complexity index is 566. The molecule has 0 amide bonds. The number of nitrogens with two attached hydrogens (primary N) is 1. The molecule has 100 valence electrons. The van der Waals surface area contributed by atoms with E-state index in [1.807, 2.05) is 18.2 Å². The first-order chi connectivity index (χ1) is 9.33. The van der Waals surface area contributed by atoms with Gasteiger partial charge in [-0.05, 0) is 37.5 Å². The summed E-state index contributed by atoms with van der Waals surface area (Å²) in [7, 11) is 0. The van der Waals surface area contributed by atoms with Gasteiger partial charge in [0.2, 0.25) is 0 Å². The number of rotatable bonds is 3. The fourth-order valence-electron chi connectivity index (χ4n) is 2.39. The third-order valence-electron chi connectivity index (χ3n) is 3.43. The highest BCUT2D eigenvalue weighted by Gasteiger charge is 2.14. The summed E-state index contributed by atoms with van der Waals surface area (Å²) in [6.07, 6.45) is 5.37. The van der Waals surface area contributed by atoms with Gasteiger partial charge in [-0.2, -0.15) is 0 Å². The van der Waals surface area contributed by atoms with Crippen molar-refractivity contribution < 1.29 is 4.74 Å². The lowest BCUT2D eigenvalue weighted by atomic mass is 10.1. The molecule has 0 saturated carbocycles. The van der Waals surface area contributed by atoms with Gasteiger partial charge in [0.15, 0.2) is 0 Å². The Morgan fingerprint density at radius 3 is 3.11 bits per heavy atom. The van der Waals surface area contributed by atoms with Crippen LogP contribution in [0.15, 0.2) is 24.5 Å². The van der Waals surface area contributed by atoms with Gasteiger partial charge in [-0.3, -0.25) is 0 Å². The molecule has 1 aromatic heterocycles. The maximum absolute atomic E-state index is 5.82. The first-order valence-electron chi connectivity index (χ1n) is 6.68. The Labute approximate surface area is 112 Å². The molecular weight excluding hydrogens is 240 g/mol. The highest BCUT2D eigenvalue weighted by molar-refractivity contribution is 5.91. The molecule has 5 heteroatoms. The average Bonchev–Trinajstić information content (AvgIpc) is 2.46. The Hall–Kier alpha value is -1.88. The van der Waals surface area contributed by atoms with Crippen LogP contribution in [0.2, 0.25) is 0 Å². The van der Waals surface area contributed by atoms with E-state index in [1.54, 1.807) is 6.33 Å². The molecule has 1 unspecified atom stereocenters. The number of hydrogen-bond donors (Lipinski definition) is 2. The number of nitrogen functional groups attached to an aromatic ring is 1. The van der Waals surface area contributed by atoms with Crippen molar-refractivity contribution in [3.63, 3.8) is 0 Å². The summed E-state index contributed by atoms with van der Waals surface area (Å²) in [5.41, 5.74) is 7.44. The zero-order valence-electron chi connectivity index (χ0n) is 10.8. The molecule has 1 aliphatic rings. The lowest BCUT2D eigenvalue weighted by Gasteiger charge is -2.23. The number of fused-ring (bicyclic) bond motifs is 1. The number of anilines is 2. The van der Waals surface area contributed by atoms with E-state index in [0.717, 1.165) is 42.0 Å². The van der Waals surface area contributed by atoms with E-state index < -0.39 is 0 Å². The summed E-state index contributed by atoms with van der Waals surface area (Å²) in [6.45, 7) is 1.64. The summed E-state index contributed by atoms with van der Waals surface area (Å²) in [5, 5.41) is 4.31. The van der Waals surface area contributed by atoms with Crippen LogP contribution >= 0.6 is 0 Å². The summed E-state index contributed by atoms with van der Waals surface area (Å²) < 4.78 is 5.70. The fourth-order valence-corrected chi connectivity index (χ4v) is 2.39. The Kier molecular flexibility index (Phi) is 3.46. The van der Waals surface area contributed by atoms with Gasteiger partial charge >= 0.3 is 0 Å².